The number of benzene rings is 1. The molecule has 0 saturated carbocycles. The summed E-state index contributed by atoms with van der Waals surface area (Å²) < 4.78 is 4.66. The van der Waals surface area contributed by atoms with Crippen molar-refractivity contribution >= 4 is 23.5 Å². The Balaban J connectivity index is 2.09. The molecule has 1 aromatic heterocycles. The fraction of sp³-hybridized carbons (Fsp3) is 0.222. The average molecular weight is 341 g/mol. The van der Waals surface area contributed by atoms with Gasteiger partial charge in [-0.3, -0.25) is 19.4 Å². The first-order valence-corrected chi connectivity index (χ1v) is 7.65. The number of nitrogens with one attached hydrogen (secondary N) is 2. The highest BCUT2D eigenvalue weighted by molar-refractivity contribution is 6.39. The van der Waals surface area contributed by atoms with E-state index in [0.717, 1.165) is 5.56 Å². The van der Waals surface area contributed by atoms with Crippen LogP contribution in [0.1, 0.15) is 23.6 Å². The van der Waals surface area contributed by atoms with Gasteiger partial charge in [0.15, 0.2) is 0 Å². The maximum atomic E-state index is 12.2. The second-order valence-electron chi connectivity index (χ2n) is 5.36. The molecule has 0 aliphatic heterocycles. The summed E-state index contributed by atoms with van der Waals surface area (Å²) in [7, 11) is 1.27. The molecule has 0 spiro atoms. The Bertz CT molecular complexity index is 762. The van der Waals surface area contributed by atoms with Gasteiger partial charge in [0.25, 0.3) is 0 Å². The number of hydrogen-bond donors (Lipinski definition) is 2. The molecule has 2 aromatic rings. The minimum atomic E-state index is -0.846. The zero-order valence-electron chi connectivity index (χ0n) is 14.0. The number of nitrogens with zero attached hydrogens (tertiary/aromatic N) is 1. The van der Waals surface area contributed by atoms with E-state index in [1.165, 1.54) is 13.3 Å². The number of esters is 1. The number of aromatic nitrogens is 1. The monoisotopic (exact) mass is 341 g/mol. The van der Waals surface area contributed by atoms with Crippen molar-refractivity contribution in [3.8, 4) is 0 Å². The van der Waals surface area contributed by atoms with E-state index in [1.807, 2.05) is 6.07 Å². The number of methoxy groups -OCH3 is 1. The molecule has 2 rings (SSSR count). The lowest BCUT2D eigenvalue weighted by Gasteiger charge is -2.18. The Morgan fingerprint density at radius 1 is 1.12 bits per heavy atom. The molecule has 7 nitrogen and oxygen atoms in total. The van der Waals surface area contributed by atoms with Crippen molar-refractivity contribution in [3.63, 3.8) is 0 Å². The summed E-state index contributed by atoms with van der Waals surface area (Å²) in [6.07, 6.45) is 2.97. The summed E-state index contributed by atoms with van der Waals surface area (Å²) >= 11 is 0. The van der Waals surface area contributed by atoms with Crippen LogP contribution in [0.2, 0.25) is 0 Å². The molecule has 0 saturated heterocycles. The molecule has 0 aliphatic carbocycles. The molecule has 130 valence electrons. The highest BCUT2D eigenvalue weighted by Gasteiger charge is 2.23. The number of carbonyl (C=O) groups excluding carboxylic acids is 3. The minimum absolute atomic E-state index is 0.0779. The molecule has 0 radical (unpaired) electrons. The van der Waals surface area contributed by atoms with Crippen molar-refractivity contribution in [1.82, 2.24) is 10.3 Å². The lowest BCUT2D eigenvalue weighted by Crippen LogP contribution is -2.38. The molecular formula is C18H19N3O4. The molecule has 1 aromatic carbocycles. The second kappa shape index (κ2) is 8.58. The highest BCUT2D eigenvalue weighted by atomic mass is 16.5. The minimum Gasteiger partial charge on any atom is -0.469 e. The van der Waals surface area contributed by atoms with Gasteiger partial charge in [-0.25, -0.2) is 0 Å². The van der Waals surface area contributed by atoms with Crippen LogP contribution in [-0.2, 0) is 19.1 Å². The maximum Gasteiger partial charge on any atom is 0.313 e. The van der Waals surface area contributed by atoms with E-state index in [-0.39, 0.29) is 6.42 Å². The first-order valence-electron chi connectivity index (χ1n) is 7.65. The Labute approximate surface area is 145 Å². The van der Waals surface area contributed by atoms with E-state index < -0.39 is 23.8 Å². The third-order valence-corrected chi connectivity index (χ3v) is 3.60. The van der Waals surface area contributed by atoms with E-state index in [4.69, 9.17) is 0 Å². The molecule has 2 N–H and O–H groups in total. The van der Waals surface area contributed by atoms with Crippen LogP contribution in [0.15, 0.2) is 48.8 Å². The standard InChI is InChI=1S/C18H19N3O4/c1-12-8-9-19-11-15(12)21-18(24)17(23)20-14(10-16(22)25-2)13-6-4-3-5-7-13/h3-9,11,14H,10H2,1-2H3,(H,20,23)(H,21,24). The van der Waals surface area contributed by atoms with E-state index in [2.05, 4.69) is 20.4 Å². The summed E-state index contributed by atoms with van der Waals surface area (Å²) in [4.78, 5) is 39.8. The van der Waals surface area contributed by atoms with Gasteiger partial charge < -0.3 is 15.4 Å². The average Bonchev–Trinajstić information content (AvgIpc) is 2.63. The zero-order valence-corrected chi connectivity index (χ0v) is 14.0. The number of hydrogen-bond acceptors (Lipinski definition) is 5. The number of aryl methyl sites for hydroxylation is 1. The van der Waals surface area contributed by atoms with Crippen molar-refractivity contribution in [2.45, 2.75) is 19.4 Å². The SMILES string of the molecule is COC(=O)CC(NC(=O)C(=O)Nc1cnccc1C)c1ccccc1. The number of ether oxygens (including phenoxy) is 1. The summed E-state index contributed by atoms with van der Waals surface area (Å²) in [5.41, 5.74) is 1.93. The number of rotatable bonds is 5. The van der Waals surface area contributed by atoms with Gasteiger partial charge >= 0.3 is 17.8 Å². The lowest BCUT2D eigenvalue weighted by molar-refractivity contribution is -0.142. The normalized spacial score (nSPS) is 11.3. The Morgan fingerprint density at radius 2 is 1.84 bits per heavy atom. The van der Waals surface area contributed by atoms with E-state index in [1.54, 1.807) is 43.5 Å². The van der Waals surface area contributed by atoms with Crippen LogP contribution >= 0.6 is 0 Å². The molecule has 7 heteroatoms. The largest absolute Gasteiger partial charge is 0.469 e. The van der Waals surface area contributed by atoms with Crippen molar-refractivity contribution in [1.29, 1.82) is 0 Å². The quantitative estimate of drug-likeness (QED) is 0.638. The predicted molar refractivity (Wildman–Crippen MR) is 91.6 cm³/mol. The van der Waals surface area contributed by atoms with Crippen LogP contribution in [0.3, 0.4) is 0 Å². The Kier molecular flexibility index (Phi) is 6.22. The Morgan fingerprint density at radius 3 is 2.48 bits per heavy atom. The van der Waals surface area contributed by atoms with E-state index in [0.29, 0.717) is 11.3 Å². The van der Waals surface area contributed by atoms with Gasteiger partial charge in [0.2, 0.25) is 0 Å². The van der Waals surface area contributed by atoms with Crippen LogP contribution in [0.5, 0.6) is 0 Å². The predicted octanol–water partition coefficient (Wildman–Crippen LogP) is 1.75. The number of amides is 2. The maximum absolute atomic E-state index is 12.2. The number of anilines is 1. The lowest BCUT2D eigenvalue weighted by atomic mass is 10.0. The molecule has 25 heavy (non-hydrogen) atoms. The second-order valence-corrected chi connectivity index (χ2v) is 5.36. The third-order valence-electron chi connectivity index (χ3n) is 3.60. The molecular weight excluding hydrogens is 322 g/mol. The van der Waals surface area contributed by atoms with Crippen LogP contribution in [0, 0.1) is 6.92 Å². The molecule has 1 atom stereocenters. The first kappa shape index (κ1) is 18.1. The molecule has 0 bridgehead atoms. The summed E-state index contributed by atoms with van der Waals surface area (Å²) in [6.45, 7) is 1.79. The van der Waals surface area contributed by atoms with Gasteiger partial charge in [0.05, 0.1) is 31.5 Å². The topological polar surface area (TPSA) is 97.4 Å². The van der Waals surface area contributed by atoms with Crippen LogP contribution in [-0.4, -0.2) is 29.9 Å². The smallest absolute Gasteiger partial charge is 0.313 e. The van der Waals surface area contributed by atoms with Gasteiger partial charge in [-0.15, -0.1) is 0 Å². The van der Waals surface area contributed by atoms with Crippen molar-refractivity contribution in [2.75, 3.05) is 12.4 Å². The highest BCUT2D eigenvalue weighted by Crippen LogP contribution is 2.17. The fourth-order valence-electron chi connectivity index (χ4n) is 2.19. The molecule has 2 amide bonds. The molecule has 1 heterocycles. The van der Waals surface area contributed by atoms with Gasteiger partial charge in [-0.05, 0) is 24.1 Å². The van der Waals surface area contributed by atoms with Crippen molar-refractivity contribution in [2.24, 2.45) is 0 Å². The van der Waals surface area contributed by atoms with E-state index >= 15 is 0 Å². The third kappa shape index (κ3) is 5.13. The number of carbonyl (C=O) groups is 3. The van der Waals surface area contributed by atoms with Gasteiger partial charge in [0.1, 0.15) is 0 Å². The van der Waals surface area contributed by atoms with Crippen molar-refractivity contribution in [3.05, 3.63) is 59.9 Å². The van der Waals surface area contributed by atoms with Crippen LogP contribution in [0.4, 0.5) is 5.69 Å². The van der Waals surface area contributed by atoms with Gasteiger partial charge in [-0.1, -0.05) is 30.3 Å². The summed E-state index contributed by atoms with van der Waals surface area (Å²) in [5, 5.41) is 5.07. The van der Waals surface area contributed by atoms with Crippen molar-refractivity contribution < 1.29 is 19.1 Å². The molecule has 1 unspecified atom stereocenters. The number of pyridine rings is 1. The van der Waals surface area contributed by atoms with Gasteiger partial charge in [-0.2, -0.15) is 0 Å². The van der Waals surface area contributed by atoms with Crippen LogP contribution < -0.4 is 10.6 Å². The molecule has 0 fully saturated rings. The summed E-state index contributed by atoms with van der Waals surface area (Å²) in [6, 6.07) is 9.96. The zero-order chi connectivity index (χ0) is 18.2. The Hall–Kier alpha value is -3.22. The van der Waals surface area contributed by atoms with Crippen LogP contribution in [0.25, 0.3) is 0 Å². The van der Waals surface area contributed by atoms with E-state index in [9.17, 15) is 14.4 Å². The molecule has 0 aliphatic rings. The fourth-order valence-corrected chi connectivity index (χ4v) is 2.19. The van der Waals surface area contributed by atoms with Gasteiger partial charge in [0, 0.05) is 6.20 Å². The first-order chi connectivity index (χ1) is 12.0. The summed E-state index contributed by atoms with van der Waals surface area (Å²) in [5.74, 6) is -2.17.